The monoisotopic (exact) mass is 271 g/mol. The summed E-state index contributed by atoms with van der Waals surface area (Å²) in [5.74, 6) is 0.0794. The molecular formula is C16H17NO3. The van der Waals surface area contributed by atoms with Gasteiger partial charge in [0.25, 0.3) is 0 Å². The number of ether oxygens (including phenoxy) is 2. The van der Waals surface area contributed by atoms with Gasteiger partial charge in [0.1, 0.15) is 16.9 Å². The summed E-state index contributed by atoms with van der Waals surface area (Å²) in [4.78, 5) is 15.8. The molecule has 0 unspecified atom stereocenters. The Labute approximate surface area is 118 Å². The summed E-state index contributed by atoms with van der Waals surface area (Å²) < 4.78 is 10.8. The predicted octanol–water partition coefficient (Wildman–Crippen LogP) is 3.18. The van der Waals surface area contributed by atoms with Gasteiger partial charge in [0.15, 0.2) is 0 Å². The Morgan fingerprint density at radius 1 is 1.15 bits per heavy atom. The first-order valence-electron chi connectivity index (χ1n) is 6.31. The smallest absolute Gasteiger partial charge is 0.341 e. The fourth-order valence-corrected chi connectivity index (χ4v) is 1.89. The first kappa shape index (κ1) is 14.1. The van der Waals surface area contributed by atoms with Crippen LogP contribution < -0.4 is 4.74 Å². The molecule has 0 atom stereocenters. The van der Waals surface area contributed by atoms with Crippen molar-refractivity contribution in [3.8, 4) is 5.75 Å². The van der Waals surface area contributed by atoms with E-state index in [1.165, 1.54) is 7.11 Å². The molecule has 104 valence electrons. The lowest BCUT2D eigenvalue weighted by Crippen LogP contribution is -2.26. The van der Waals surface area contributed by atoms with Gasteiger partial charge >= 0.3 is 5.97 Å². The van der Waals surface area contributed by atoms with Crippen molar-refractivity contribution in [2.24, 2.45) is 0 Å². The van der Waals surface area contributed by atoms with Crippen molar-refractivity contribution in [3.63, 3.8) is 0 Å². The zero-order valence-corrected chi connectivity index (χ0v) is 11.8. The van der Waals surface area contributed by atoms with E-state index >= 15 is 0 Å². The third-order valence-corrected chi connectivity index (χ3v) is 3.01. The first-order valence-corrected chi connectivity index (χ1v) is 6.31. The normalized spacial score (nSPS) is 10.9. The van der Waals surface area contributed by atoms with Crippen LogP contribution in [0, 0.1) is 0 Å². The summed E-state index contributed by atoms with van der Waals surface area (Å²) in [6.07, 6.45) is 3.46. The van der Waals surface area contributed by atoms with E-state index in [2.05, 4.69) is 4.98 Å². The van der Waals surface area contributed by atoms with Crippen LogP contribution in [-0.4, -0.2) is 18.1 Å². The molecule has 0 radical (unpaired) electrons. The number of esters is 1. The molecule has 0 bridgehead atoms. The Balaban J connectivity index is 2.32. The van der Waals surface area contributed by atoms with Crippen LogP contribution in [0.4, 0.5) is 0 Å². The third-order valence-electron chi connectivity index (χ3n) is 3.01. The van der Waals surface area contributed by atoms with Gasteiger partial charge in [-0.1, -0.05) is 18.2 Å². The quantitative estimate of drug-likeness (QED) is 0.801. The molecule has 0 N–H and O–H groups in total. The second-order valence-corrected chi connectivity index (χ2v) is 4.84. The van der Waals surface area contributed by atoms with Gasteiger partial charge in [0.05, 0.1) is 7.11 Å². The van der Waals surface area contributed by atoms with E-state index in [0.717, 1.165) is 5.56 Å². The minimum atomic E-state index is -0.599. The maximum Gasteiger partial charge on any atom is 0.341 e. The summed E-state index contributed by atoms with van der Waals surface area (Å²) in [5.41, 5.74) is 0.741. The number of hydrogen-bond donors (Lipinski definition) is 0. The summed E-state index contributed by atoms with van der Waals surface area (Å²) in [6, 6.07) is 10.8. The molecule has 2 aromatic rings. The molecule has 0 aliphatic carbocycles. The molecule has 1 aromatic heterocycles. The highest BCUT2D eigenvalue weighted by Crippen LogP contribution is 2.29. The lowest BCUT2D eigenvalue weighted by Gasteiger charge is -2.27. The molecule has 2 rings (SSSR count). The van der Waals surface area contributed by atoms with Gasteiger partial charge in [-0.25, -0.2) is 4.79 Å². The number of pyridine rings is 1. The van der Waals surface area contributed by atoms with Crippen molar-refractivity contribution in [1.82, 2.24) is 4.98 Å². The number of carbonyl (C=O) groups excluding carboxylic acids is 1. The fraction of sp³-hybridized carbons (Fsp3) is 0.250. The van der Waals surface area contributed by atoms with Crippen LogP contribution in [0.1, 0.15) is 29.8 Å². The molecule has 0 saturated carbocycles. The fourth-order valence-electron chi connectivity index (χ4n) is 1.89. The van der Waals surface area contributed by atoms with Crippen LogP contribution in [0.15, 0.2) is 48.8 Å². The number of nitrogens with zero attached hydrogens (tertiary/aromatic N) is 1. The van der Waals surface area contributed by atoms with Crippen molar-refractivity contribution in [1.29, 1.82) is 0 Å². The maximum atomic E-state index is 11.7. The van der Waals surface area contributed by atoms with Crippen LogP contribution in [0.5, 0.6) is 5.75 Å². The molecule has 0 aliphatic heterocycles. The van der Waals surface area contributed by atoms with Crippen LogP contribution in [0.2, 0.25) is 0 Å². The summed E-state index contributed by atoms with van der Waals surface area (Å²) in [7, 11) is 1.35. The third kappa shape index (κ3) is 2.96. The van der Waals surface area contributed by atoms with Gasteiger partial charge in [-0.15, -0.1) is 0 Å². The Bertz CT molecular complexity index is 594. The highest BCUT2D eigenvalue weighted by molar-refractivity contribution is 5.92. The van der Waals surface area contributed by atoms with Crippen molar-refractivity contribution >= 4 is 5.97 Å². The molecule has 4 heteroatoms. The van der Waals surface area contributed by atoms with Crippen molar-refractivity contribution in [2.75, 3.05) is 7.11 Å². The molecule has 0 spiro atoms. The van der Waals surface area contributed by atoms with E-state index in [4.69, 9.17) is 9.47 Å². The number of methoxy groups -OCH3 is 1. The minimum absolute atomic E-state index is 0.409. The van der Waals surface area contributed by atoms with Gasteiger partial charge in [-0.05, 0) is 32.0 Å². The molecule has 0 aliphatic rings. The highest BCUT2D eigenvalue weighted by atomic mass is 16.5. The number of aromatic nitrogens is 1. The Kier molecular flexibility index (Phi) is 4.03. The maximum absolute atomic E-state index is 11.7. The van der Waals surface area contributed by atoms with E-state index in [1.54, 1.807) is 30.6 Å². The molecule has 1 aromatic carbocycles. The standard InChI is InChI=1S/C16H17NO3/c1-16(2,12-7-6-10-17-11-12)20-14-9-5-4-8-13(14)15(18)19-3/h4-11H,1-3H3. The second-order valence-electron chi connectivity index (χ2n) is 4.84. The minimum Gasteiger partial charge on any atom is -0.482 e. The number of hydrogen-bond acceptors (Lipinski definition) is 4. The van der Waals surface area contributed by atoms with Crippen LogP contribution in [-0.2, 0) is 10.3 Å². The Morgan fingerprint density at radius 3 is 2.55 bits per heavy atom. The van der Waals surface area contributed by atoms with Crippen LogP contribution >= 0.6 is 0 Å². The number of para-hydroxylation sites is 1. The highest BCUT2D eigenvalue weighted by Gasteiger charge is 2.25. The molecular weight excluding hydrogens is 254 g/mol. The first-order chi connectivity index (χ1) is 9.54. The van der Waals surface area contributed by atoms with Crippen molar-refractivity contribution in [2.45, 2.75) is 19.4 Å². The zero-order chi connectivity index (χ0) is 14.6. The lowest BCUT2D eigenvalue weighted by molar-refractivity contribution is 0.0579. The average Bonchev–Trinajstić information content (AvgIpc) is 2.47. The summed E-state index contributed by atoms with van der Waals surface area (Å²) in [6.45, 7) is 3.86. The van der Waals surface area contributed by atoms with Crippen molar-refractivity contribution < 1.29 is 14.3 Å². The Morgan fingerprint density at radius 2 is 1.90 bits per heavy atom. The van der Waals surface area contributed by atoms with E-state index in [9.17, 15) is 4.79 Å². The molecule has 20 heavy (non-hydrogen) atoms. The Hall–Kier alpha value is -2.36. The van der Waals surface area contributed by atoms with E-state index in [1.807, 2.05) is 32.0 Å². The molecule has 0 fully saturated rings. The lowest BCUT2D eigenvalue weighted by atomic mass is 10.00. The van der Waals surface area contributed by atoms with Crippen molar-refractivity contribution in [3.05, 3.63) is 59.9 Å². The zero-order valence-electron chi connectivity index (χ0n) is 11.8. The molecule has 0 saturated heterocycles. The van der Waals surface area contributed by atoms with Gasteiger partial charge < -0.3 is 9.47 Å². The predicted molar refractivity (Wildman–Crippen MR) is 75.7 cm³/mol. The summed E-state index contributed by atoms with van der Waals surface area (Å²) in [5, 5.41) is 0. The van der Waals surface area contributed by atoms with Gasteiger partial charge in [-0.3, -0.25) is 4.98 Å². The van der Waals surface area contributed by atoms with E-state index < -0.39 is 11.6 Å². The van der Waals surface area contributed by atoms with Gasteiger partial charge in [0, 0.05) is 18.0 Å². The number of carbonyl (C=O) groups is 1. The van der Waals surface area contributed by atoms with Gasteiger partial charge in [-0.2, -0.15) is 0 Å². The molecule has 1 heterocycles. The number of benzene rings is 1. The van der Waals surface area contributed by atoms with E-state index in [-0.39, 0.29) is 0 Å². The van der Waals surface area contributed by atoms with Gasteiger partial charge in [0.2, 0.25) is 0 Å². The van der Waals surface area contributed by atoms with E-state index in [0.29, 0.717) is 11.3 Å². The summed E-state index contributed by atoms with van der Waals surface area (Å²) >= 11 is 0. The molecule has 4 nitrogen and oxygen atoms in total. The second kappa shape index (κ2) is 5.74. The van der Waals surface area contributed by atoms with Crippen LogP contribution in [0.25, 0.3) is 0 Å². The average molecular weight is 271 g/mol. The topological polar surface area (TPSA) is 48.4 Å². The largest absolute Gasteiger partial charge is 0.482 e. The van der Waals surface area contributed by atoms with Crippen LogP contribution in [0.3, 0.4) is 0 Å². The molecule has 0 amide bonds. The SMILES string of the molecule is COC(=O)c1ccccc1OC(C)(C)c1cccnc1. The number of rotatable bonds is 4.